The van der Waals surface area contributed by atoms with Gasteiger partial charge >= 0.3 is 0 Å². The first-order valence-corrected chi connectivity index (χ1v) is 10.9. The smallest absolute Gasteiger partial charge is 0.161 e. The zero-order chi connectivity index (χ0) is 22.5. The SMILES string of the molecule is CCCCCOc1ccc(CCC(=O)/C=C/CCc2ccc(O)c(OC)c2)cc1OC. The number of benzene rings is 2. The van der Waals surface area contributed by atoms with Crippen molar-refractivity contribution in [2.75, 3.05) is 20.8 Å². The van der Waals surface area contributed by atoms with Crippen LogP contribution in [0.3, 0.4) is 0 Å². The van der Waals surface area contributed by atoms with Crippen molar-refractivity contribution in [3.05, 3.63) is 59.7 Å². The minimum atomic E-state index is 0.0992. The molecule has 0 radical (unpaired) electrons. The summed E-state index contributed by atoms with van der Waals surface area (Å²) in [6, 6.07) is 11.2. The van der Waals surface area contributed by atoms with Crippen LogP contribution < -0.4 is 14.2 Å². The lowest BCUT2D eigenvalue weighted by Gasteiger charge is -2.12. The predicted molar refractivity (Wildman–Crippen MR) is 123 cm³/mol. The van der Waals surface area contributed by atoms with E-state index in [1.54, 1.807) is 19.3 Å². The van der Waals surface area contributed by atoms with Crippen LogP contribution in [0.25, 0.3) is 0 Å². The molecule has 0 heterocycles. The molecule has 0 atom stereocenters. The maximum absolute atomic E-state index is 12.2. The normalized spacial score (nSPS) is 10.9. The molecule has 0 spiro atoms. The molecule has 1 N–H and O–H groups in total. The third-order valence-electron chi connectivity index (χ3n) is 5.04. The van der Waals surface area contributed by atoms with E-state index in [1.807, 2.05) is 36.4 Å². The van der Waals surface area contributed by atoms with Crippen molar-refractivity contribution in [2.24, 2.45) is 0 Å². The Morgan fingerprint density at radius 2 is 1.65 bits per heavy atom. The molecule has 31 heavy (non-hydrogen) atoms. The molecular formula is C26H34O5. The summed E-state index contributed by atoms with van der Waals surface area (Å²) in [7, 11) is 3.16. The van der Waals surface area contributed by atoms with Crippen molar-refractivity contribution in [1.82, 2.24) is 0 Å². The molecule has 0 saturated carbocycles. The Morgan fingerprint density at radius 3 is 2.39 bits per heavy atom. The monoisotopic (exact) mass is 426 g/mol. The third-order valence-corrected chi connectivity index (χ3v) is 5.04. The quantitative estimate of drug-likeness (QED) is 0.311. The Balaban J connectivity index is 1.78. The minimum absolute atomic E-state index is 0.0992. The second kappa shape index (κ2) is 13.4. The first kappa shape index (κ1) is 24.3. The average molecular weight is 427 g/mol. The number of carbonyl (C=O) groups is 1. The first-order chi connectivity index (χ1) is 15.1. The van der Waals surface area contributed by atoms with E-state index in [4.69, 9.17) is 14.2 Å². The van der Waals surface area contributed by atoms with Gasteiger partial charge in [-0.05, 0) is 67.2 Å². The number of methoxy groups -OCH3 is 2. The van der Waals surface area contributed by atoms with Crippen LogP contribution in [-0.2, 0) is 17.6 Å². The molecule has 0 aliphatic carbocycles. The summed E-state index contributed by atoms with van der Waals surface area (Å²) in [5.74, 6) is 2.15. The summed E-state index contributed by atoms with van der Waals surface area (Å²) < 4.78 is 16.4. The maximum Gasteiger partial charge on any atom is 0.161 e. The molecule has 0 aliphatic heterocycles. The van der Waals surface area contributed by atoms with E-state index in [-0.39, 0.29) is 11.5 Å². The van der Waals surface area contributed by atoms with E-state index in [0.717, 1.165) is 49.0 Å². The molecule has 5 heteroatoms. The van der Waals surface area contributed by atoms with Gasteiger partial charge in [0.05, 0.1) is 20.8 Å². The number of phenolic OH excluding ortho intramolecular Hbond substituents is 1. The number of phenols is 1. The number of aryl methyl sites for hydroxylation is 2. The lowest BCUT2D eigenvalue weighted by Crippen LogP contribution is -2.01. The summed E-state index contributed by atoms with van der Waals surface area (Å²) in [6.07, 6.45) is 9.52. The van der Waals surface area contributed by atoms with E-state index in [2.05, 4.69) is 6.92 Å². The van der Waals surface area contributed by atoms with Crippen LogP contribution in [0.15, 0.2) is 48.6 Å². The van der Waals surface area contributed by atoms with E-state index in [0.29, 0.717) is 30.9 Å². The van der Waals surface area contributed by atoms with Gasteiger partial charge in [-0.25, -0.2) is 0 Å². The lowest BCUT2D eigenvalue weighted by atomic mass is 10.1. The fourth-order valence-electron chi connectivity index (χ4n) is 3.21. The Labute approximate surface area is 185 Å². The Bertz CT molecular complexity index is 857. The minimum Gasteiger partial charge on any atom is -0.504 e. The molecule has 5 nitrogen and oxygen atoms in total. The summed E-state index contributed by atoms with van der Waals surface area (Å²) in [5.41, 5.74) is 2.10. The summed E-state index contributed by atoms with van der Waals surface area (Å²) in [6.45, 7) is 2.85. The highest BCUT2D eigenvalue weighted by Gasteiger charge is 2.07. The fraction of sp³-hybridized carbons (Fsp3) is 0.423. The van der Waals surface area contributed by atoms with Gasteiger partial charge in [0.1, 0.15) is 0 Å². The zero-order valence-electron chi connectivity index (χ0n) is 18.9. The molecule has 2 aromatic rings. The van der Waals surface area contributed by atoms with Crippen molar-refractivity contribution in [3.63, 3.8) is 0 Å². The maximum atomic E-state index is 12.2. The van der Waals surface area contributed by atoms with Crippen molar-refractivity contribution in [1.29, 1.82) is 0 Å². The molecule has 0 bridgehead atoms. The van der Waals surface area contributed by atoms with Gasteiger partial charge in [-0.3, -0.25) is 4.79 Å². The molecule has 0 aromatic heterocycles. The van der Waals surface area contributed by atoms with Crippen LogP contribution >= 0.6 is 0 Å². The topological polar surface area (TPSA) is 65.0 Å². The molecule has 0 amide bonds. The van der Waals surface area contributed by atoms with Crippen molar-refractivity contribution in [3.8, 4) is 23.0 Å². The summed E-state index contributed by atoms with van der Waals surface area (Å²) >= 11 is 0. The van der Waals surface area contributed by atoms with Gasteiger partial charge in [-0.2, -0.15) is 0 Å². The first-order valence-electron chi connectivity index (χ1n) is 10.9. The Hall–Kier alpha value is -2.95. The number of unbranched alkanes of at least 4 members (excludes halogenated alkanes) is 2. The molecule has 2 aromatic carbocycles. The number of carbonyl (C=O) groups excluding carboxylic acids is 1. The number of hydrogen-bond donors (Lipinski definition) is 1. The number of allylic oxidation sites excluding steroid dienone is 2. The number of ketones is 1. The lowest BCUT2D eigenvalue weighted by molar-refractivity contribution is -0.114. The van der Waals surface area contributed by atoms with Gasteiger partial charge in [0.15, 0.2) is 28.8 Å². The Kier molecular flexibility index (Phi) is 10.5. The molecule has 0 saturated heterocycles. The molecule has 0 unspecified atom stereocenters. The van der Waals surface area contributed by atoms with Crippen LogP contribution in [0.5, 0.6) is 23.0 Å². The van der Waals surface area contributed by atoms with Gasteiger partial charge in [-0.15, -0.1) is 0 Å². The van der Waals surface area contributed by atoms with Crippen molar-refractivity contribution >= 4 is 5.78 Å². The second-order valence-electron chi connectivity index (χ2n) is 7.45. The fourth-order valence-corrected chi connectivity index (χ4v) is 3.21. The van der Waals surface area contributed by atoms with Gasteiger partial charge < -0.3 is 19.3 Å². The van der Waals surface area contributed by atoms with Crippen LogP contribution in [0.2, 0.25) is 0 Å². The van der Waals surface area contributed by atoms with Crippen molar-refractivity contribution in [2.45, 2.75) is 51.9 Å². The third kappa shape index (κ3) is 8.36. The molecule has 0 fully saturated rings. The van der Waals surface area contributed by atoms with Crippen molar-refractivity contribution < 1.29 is 24.1 Å². The van der Waals surface area contributed by atoms with Crippen LogP contribution in [0, 0.1) is 0 Å². The molecule has 168 valence electrons. The van der Waals surface area contributed by atoms with Gasteiger partial charge in [0, 0.05) is 6.42 Å². The van der Waals surface area contributed by atoms with Gasteiger partial charge in [0.2, 0.25) is 0 Å². The van der Waals surface area contributed by atoms with E-state index in [1.165, 1.54) is 7.11 Å². The number of aromatic hydroxyl groups is 1. The number of ether oxygens (including phenoxy) is 3. The van der Waals surface area contributed by atoms with E-state index in [9.17, 15) is 9.90 Å². The van der Waals surface area contributed by atoms with E-state index < -0.39 is 0 Å². The van der Waals surface area contributed by atoms with E-state index >= 15 is 0 Å². The average Bonchev–Trinajstić information content (AvgIpc) is 2.79. The Morgan fingerprint density at radius 1 is 0.935 bits per heavy atom. The molecule has 0 aliphatic rings. The van der Waals surface area contributed by atoms with Crippen LogP contribution in [0.1, 0.15) is 50.2 Å². The molecular weight excluding hydrogens is 392 g/mol. The standard InChI is InChI=1S/C26H34O5/c1-4-5-8-17-31-24-16-13-21(19-26(24)30-3)11-14-22(27)10-7-6-9-20-12-15-23(28)25(18-20)29-2/h7,10,12-13,15-16,18-19,28H,4-6,8-9,11,14,17H2,1-3H3/b10-7+. The predicted octanol–water partition coefficient (Wildman–Crippen LogP) is 5.67. The highest BCUT2D eigenvalue weighted by Crippen LogP contribution is 2.29. The van der Waals surface area contributed by atoms with Crippen LogP contribution in [0.4, 0.5) is 0 Å². The highest BCUT2D eigenvalue weighted by molar-refractivity contribution is 5.89. The van der Waals surface area contributed by atoms with Gasteiger partial charge in [0.25, 0.3) is 0 Å². The molecule has 2 rings (SSSR count). The van der Waals surface area contributed by atoms with Crippen LogP contribution in [-0.4, -0.2) is 31.7 Å². The highest BCUT2D eigenvalue weighted by atomic mass is 16.5. The van der Waals surface area contributed by atoms with Gasteiger partial charge in [-0.1, -0.05) is 38.0 Å². The largest absolute Gasteiger partial charge is 0.504 e. The number of hydrogen-bond acceptors (Lipinski definition) is 5. The number of rotatable bonds is 14. The summed E-state index contributed by atoms with van der Waals surface area (Å²) in [4.78, 5) is 12.2. The second-order valence-corrected chi connectivity index (χ2v) is 7.45. The zero-order valence-corrected chi connectivity index (χ0v) is 18.9. The summed E-state index contributed by atoms with van der Waals surface area (Å²) in [5, 5.41) is 9.64.